The number of carbonyl (C=O) groups is 2. The Bertz CT molecular complexity index is 1670. The molecule has 1 amide bonds. The van der Waals surface area contributed by atoms with Crippen LogP contribution in [0.4, 0.5) is 5.69 Å². The SMILES string of the molecule is CCOC(=O)C(OC(C)(C)C)c1c(C)cc2nc(-c3ccc4c(c3)C(C)(C)C(=O)N4C)sc2c1-c1ccc(Cl)cc1. The Hall–Kier alpha value is -3.26. The Kier molecular flexibility index (Phi) is 7.51. The van der Waals surface area contributed by atoms with E-state index in [4.69, 9.17) is 26.1 Å². The number of rotatable bonds is 6. The lowest BCUT2D eigenvalue weighted by molar-refractivity contribution is -0.166. The maximum absolute atomic E-state index is 13.4. The van der Waals surface area contributed by atoms with Crippen molar-refractivity contribution in [2.75, 3.05) is 18.6 Å². The Labute approximate surface area is 250 Å². The van der Waals surface area contributed by atoms with Gasteiger partial charge in [0.05, 0.1) is 27.8 Å². The molecule has 1 aliphatic heterocycles. The van der Waals surface area contributed by atoms with E-state index in [9.17, 15) is 9.59 Å². The number of anilines is 1. The van der Waals surface area contributed by atoms with Gasteiger partial charge in [0.2, 0.25) is 5.91 Å². The summed E-state index contributed by atoms with van der Waals surface area (Å²) in [6.45, 7) is 13.7. The molecule has 0 saturated carbocycles. The number of nitrogens with zero attached hydrogens (tertiary/aromatic N) is 2. The van der Waals surface area contributed by atoms with Gasteiger partial charge in [-0.2, -0.15) is 0 Å². The monoisotopic (exact) mass is 590 g/mol. The zero-order chi connectivity index (χ0) is 29.9. The molecule has 6 nitrogen and oxygen atoms in total. The van der Waals surface area contributed by atoms with Crippen LogP contribution in [0.5, 0.6) is 0 Å². The molecule has 1 atom stereocenters. The van der Waals surface area contributed by atoms with Crippen molar-refractivity contribution in [3.8, 4) is 21.7 Å². The van der Waals surface area contributed by atoms with E-state index in [2.05, 4.69) is 6.07 Å². The van der Waals surface area contributed by atoms with Crippen LogP contribution in [-0.4, -0.2) is 36.1 Å². The fourth-order valence-corrected chi connectivity index (χ4v) is 6.73. The first-order chi connectivity index (χ1) is 19.2. The van der Waals surface area contributed by atoms with Gasteiger partial charge >= 0.3 is 5.97 Å². The lowest BCUT2D eigenvalue weighted by Crippen LogP contribution is -2.33. The molecule has 41 heavy (non-hydrogen) atoms. The fraction of sp³-hybridized carbons (Fsp3) is 0.364. The zero-order valence-corrected chi connectivity index (χ0v) is 26.3. The summed E-state index contributed by atoms with van der Waals surface area (Å²) in [5, 5.41) is 1.45. The Morgan fingerprint density at radius 2 is 1.76 bits per heavy atom. The van der Waals surface area contributed by atoms with Crippen molar-refractivity contribution in [2.24, 2.45) is 0 Å². The van der Waals surface area contributed by atoms with Crippen molar-refractivity contribution in [3.05, 3.63) is 70.2 Å². The van der Waals surface area contributed by atoms with E-state index in [1.807, 2.05) is 91.1 Å². The lowest BCUT2D eigenvalue weighted by atomic mass is 9.85. The molecule has 1 aliphatic rings. The van der Waals surface area contributed by atoms with E-state index in [0.717, 1.165) is 54.3 Å². The van der Waals surface area contributed by atoms with E-state index in [0.29, 0.717) is 5.02 Å². The predicted molar refractivity (Wildman–Crippen MR) is 167 cm³/mol. The maximum atomic E-state index is 13.4. The summed E-state index contributed by atoms with van der Waals surface area (Å²) >= 11 is 7.82. The number of ether oxygens (including phenoxy) is 2. The van der Waals surface area contributed by atoms with Crippen LogP contribution < -0.4 is 4.90 Å². The average Bonchev–Trinajstić information content (AvgIpc) is 3.40. The molecule has 3 aromatic carbocycles. The Morgan fingerprint density at radius 1 is 1.10 bits per heavy atom. The first kappa shape index (κ1) is 29.2. The van der Waals surface area contributed by atoms with Crippen molar-refractivity contribution >= 4 is 50.7 Å². The molecule has 5 rings (SSSR count). The molecule has 0 N–H and O–H groups in total. The van der Waals surface area contributed by atoms with Gasteiger partial charge in [0.25, 0.3) is 0 Å². The van der Waals surface area contributed by atoms with Crippen molar-refractivity contribution in [1.82, 2.24) is 4.98 Å². The van der Waals surface area contributed by atoms with Gasteiger partial charge in [-0.05, 0) is 102 Å². The van der Waals surface area contributed by atoms with Crippen LogP contribution in [0.3, 0.4) is 0 Å². The molecular formula is C33H35ClN2O4S. The van der Waals surface area contributed by atoms with Gasteiger partial charge in [-0.3, -0.25) is 4.79 Å². The standard InChI is InChI=1S/C33H35ClN2O4S/c1-9-39-30(37)27(40-32(3,4)5)25-18(2)16-23-28(26(25)19-10-13-21(34)14-11-19)41-29(35-23)20-12-15-24-22(17-20)33(6,7)31(38)36(24)8/h10-17,27H,9H2,1-8H3. The third-order valence-corrected chi connectivity index (χ3v) is 8.80. The van der Waals surface area contributed by atoms with Crippen LogP contribution in [0.15, 0.2) is 48.5 Å². The highest BCUT2D eigenvalue weighted by Gasteiger charge is 2.42. The minimum Gasteiger partial charge on any atom is -0.464 e. The molecule has 0 saturated heterocycles. The number of aryl methyl sites for hydroxylation is 1. The highest BCUT2D eigenvalue weighted by Crippen LogP contribution is 2.47. The molecule has 214 valence electrons. The van der Waals surface area contributed by atoms with Crippen LogP contribution in [0.25, 0.3) is 31.9 Å². The summed E-state index contributed by atoms with van der Waals surface area (Å²) in [7, 11) is 1.82. The minimum absolute atomic E-state index is 0.0723. The number of esters is 1. The van der Waals surface area contributed by atoms with E-state index in [-0.39, 0.29) is 12.5 Å². The maximum Gasteiger partial charge on any atom is 0.339 e. The molecule has 8 heteroatoms. The summed E-state index contributed by atoms with van der Waals surface area (Å²) in [5.74, 6) is -0.359. The number of halogens is 1. The normalized spacial score (nSPS) is 15.3. The molecule has 1 unspecified atom stereocenters. The highest BCUT2D eigenvalue weighted by atomic mass is 35.5. The summed E-state index contributed by atoms with van der Waals surface area (Å²) in [6, 6.07) is 15.7. The molecule has 0 aliphatic carbocycles. The highest BCUT2D eigenvalue weighted by molar-refractivity contribution is 7.22. The Morgan fingerprint density at radius 3 is 2.39 bits per heavy atom. The Balaban J connectivity index is 1.76. The summed E-state index contributed by atoms with van der Waals surface area (Å²) in [4.78, 5) is 33.0. The minimum atomic E-state index is -0.932. The van der Waals surface area contributed by atoms with Crippen LogP contribution in [0, 0.1) is 6.92 Å². The van der Waals surface area contributed by atoms with Crippen molar-refractivity contribution in [2.45, 2.75) is 65.6 Å². The number of thiazole rings is 1. The second-order valence-corrected chi connectivity index (χ2v) is 13.4. The molecular weight excluding hydrogens is 556 g/mol. The second-order valence-electron chi connectivity index (χ2n) is 11.9. The van der Waals surface area contributed by atoms with Gasteiger partial charge in [-0.15, -0.1) is 11.3 Å². The smallest absolute Gasteiger partial charge is 0.339 e. The van der Waals surface area contributed by atoms with Gasteiger partial charge in [0, 0.05) is 34.4 Å². The van der Waals surface area contributed by atoms with Gasteiger partial charge < -0.3 is 14.4 Å². The van der Waals surface area contributed by atoms with E-state index >= 15 is 0 Å². The topological polar surface area (TPSA) is 68.7 Å². The van der Waals surface area contributed by atoms with E-state index < -0.39 is 23.1 Å². The molecule has 0 bridgehead atoms. The van der Waals surface area contributed by atoms with Gasteiger partial charge in [-0.25, -0.2) is 9.78 Å². The van der Waals surface area contributed by atoms with Crippen molar-refractivity contribution in [3.63, 3.8) is 0 Å². The fourth-order valence-electron chi connectivity index (χ4n) is 5.48. The molecule has 0 radical (unpaired) electrons. The van der Waals surface area contributed by atoms with E-state index in [1.165, 1.54) is 0 Å². The van der Waals surface area contributed by atoms with Crippen LogP contribution in [0.1, 0.15) is 64.3 Å². The number of amides is 1. The summed E-state index contributed by atoms with van der Waals surface area (Å²) < 4.78 is 12.8. The number of likely N-dealkylation sites (N-methyl/N-ethyl adjacent to an activating group) is 1. The number of benzene rings is 3. The predicted octanol–water partition coefficient (Wildman–Crippen LogP) is 8.27. The molecule has 4 aromatic rings. The number of hydrogen-bond acceptors (Lipinski definition) is 6. The average molecular weight is 591 g/mol. The van der Waals surface area contributed by atoms with Gasteiger partial charge in [0.1, 0.15) is 5.01 Å². The quantitative estimate of drug-likeness (QED) is 0.211. The zero-order valence-electron chi connectivity index (χ0n) is 24.7. The van der Waals surface area contributed by atoms with Crippen LogP contribution in [-0.2, 0) is 24.5 Å². The first-order valence-corrected chi connectivity index (χ1v) is 14.9. The number of fused-ring (bicyclic) bond motifs is 2. The molecule has 0 spiro atoms. The van der Waals surface area contributed by atoms with E-state index in [1.54, 1.807) is 23.2 Å². The second kappa shape index (κ2) is 10.5. The lowest BCUT2D eigenvalue weighted by Gasteiger charge is -2.29. The number of aromatic nitrogens is 1. The molecule has 1 aromatic heterocycles. The third kappa shape index (κ3) is 5.27. The summed E-state index contributed by atoms with van der Waals surface area (Å²) in [6.07, 6.45) is -0.932. The molecule has 0 fully saturated rings. The van der Waals surface area contributed by atoms with Gasteiger partial charge in [-0.1, -0.05) is 23.7 Å². The van der Waals surface area contributed by atoms with Crippen LogP contribution in [0.2, 0.25) is 5.02 Å². The van der Waals surface area contributed by atoms with Crippen LogP contribution >= 0.6 is 22.9 Å². The first-order valence-electron chi connectivity index (χ1n) is 13.7. The largest absolute Gasteiger partial charge is 0.464 e. The number of hydrogen-bond donors (Lipinski definition) is 0. The third-order valence-electron chi connectivity index (χ3n) is 7.41. The number of carbonyl (C=O) groups excluding carboxylic acids is 2. The van der Waals surface area contributed by atoms with Crippen molar-refractivity contribution < 1.29 is 19.1 Å². The summed E-state index contributed by atoms with van der Waals surface area (Å²) in [5.41, 5.74) is 5.86. The molecule has 2 heterocycles. The van der Waals surface area contributed by atoms with Gasteiger partial charge in [0.15, 0.2) is 6.10 Å². The van der Waals surface area contributed by atoms with Crippen molar-refractivity contribution in [1.29, 1.82) is 0 Å².